The third kappa shape index (κ3) is 2.88. The summed E-state index contributed by atoms with van der Waals surface area (Å²) in [5.41, 5.74) is 1.78. The van der Waals surface area contributed by atoms with E-state index in [4.69, 9.17) is 4.74 Å². The number of ether oxygens (including phenoxy) is 1. The maximum atomic E-state index is 12.9. The van der Waals surface area contributed by atoms with Crippen molar-refractivity contribution in [2.24, 2.45) is 0 Å². The maximum absolute atomic E-state index is 12.9. The fourth-order valence-corrected chi connectivity index (χ4v) is 3.21. The first-order valence-electron chi connectivity index (χ1n) is 8.36. The molecule has 7 heteroatoms. The van der Waals surface area contributed by atoms with Gasteiger partial charge in [0, 0.05) is 18.5 Å². The highest BCUT2D eigenvalue weighted by Crippen LogP contribution is 2.32. The second-order valence-corrected chi connectivity index (χ2v) is 6.15. The first-order chi connectivity index (χ1) is 12.6. The van der Waals surface area contributed by atoms with Gasteiger partial charge in [0.2, 0.25) is 5.91 Å². The summed E-state index contributed by atoms with van der Waals surface area (Å²) in [7, 11) is 0. The van der Waals surface area contributed by atoms with Crippen LogP contribution in [0.3, 0.4) is 0 Å². The van der Waals surface area contributed by atoms with E-state index in [2.05, 4.69) is 10.6 Å². The number of nitrogens with one attached hydrogen (secondary N) is 2. The molecule has 2 aliphatic rings. The third-order valence-corrected chi connectivity index (χ3v) is 4.50. The molecule has 1 saturated heterocycles. The molecule has 2 aliphatic heterocycles. The lowest BCUT2D eigenvalue weighted by atomic mass is 10.1. The van der Waals surface area contributed by atoms with Crippen LogP contribution in [0.1, 0.15) is 28.4 Å². The van der Waals surface area contributed by atoms with Gasteiger partial charge in [0.25, 0.3) is 5.91 Å². The van der Waals surface area contributed by atoms with Crippen molar-refractivity contribution in [1.82, 2.24) is 10.6 Å². The van der Waals surface area contributed by atoms with Gasteiger partial charge in [-0.2, -0.15) is 0 Å². The molecular weight excluding hydrogens is 334 g/mol. The van der Waals surface area contributed by atoms with Gasteiger partial charge in [-0.25, -0.2) is 4.79 Å². The molecule has 2 N–H and O–H groups in total. The summed E-state index contributed by atoms with van der Waals surface area (Å²) in [5.74, 6) is 0.156. The van der Waals surface area contributed by atoms with Gasteiger partial charge < -0.3 is 10.1 Å². The average molecular weight is 351 g/mol. The number of anilines is 1. The van der Waals surface area contributed by atoms with E-state index in [1.165, 1.54) is 4.90 Å². The topological polar surface area (TPSA) is 87.7 Å². The van der Waals surface area contributed by atoms with Crippen molar-refractivity contribution < 1.29 is 19.1 Å². The van der Waals surface area contributed by atoms with E-state index >= 15 is 0 Å². The van der Waals surface area contributed by atoms with Crippen molar-refractivity contribution in [2.75, 3.05) is 18.1 Å². The maximum Gasteiger partial charge on any atom is 0.328 e. The van der Waals surface area contributed by atoms with Crippen molar-refractivity contribution in [3.05, 3.63) is 59.7 Å². The molecule has 1 fully saturated rings. The van der Waals surface area contributed by atoms with Crippen LogP contribution < -0.4 is 20.3 Å². The van der Waals surface area contributed by atoms with Crippen LogP contribution in [-0.4, -0.2) is 31.0 Å². The SMILES string of the molecule is O=C1CCN(c2ccccc2C(=O)N[C@H]2COc3ccccc32)C(=O)N1. The lowest BCUT2D eigenvalue weighted by molar-refractivity contribution is -0.120. The molecule has 26 heavy (non-hydrogen) atoms. The van der Waals surface area contributed by atoms with E-state index < -0.39 is 6.03 Å². The molecule has 1 atom stereocenters. The molecule has 0 spiro atoms. The average Bonchev–Trinajstić information content (AvgIpc) is 3.05. The van der Waals surface area contributed by atoms with Crippen LogP contribution in [0.2, 0.25) is 0 Å². The Morgan fingerprint density at radius 3 is 2.73 bits per heavy atom. The van der Waals surface area contributed by atoms with E-state index in [9.17, 15) is 14.4 Å². The molecule has 0 saturated carbocycles. The highest BCUT2D eigenvalue weighted by Gasteiger charge is 2.29. The van der Waals surface area contributed by atoms with Gasteiger partial charge >= 0.3 is 6.03 Å². The number of carbonyl (C=O) groups excluding carboxylic acids is 3. The molecule has 0 aromatic heterocycles. The molecule has 0 aliphatic carbocycles. The minimum Gasteiger partial charge on any atom is -0.491 e. The summed E-state index contributed by atoms with van der Waals surface area (Å²) in [5, 5.41) is 5.24. The summed E-state index contributed by atoms with van der Waals surface area (Å²) in [6.07, 6.45) is 0.200. The predicted molar refractivity (Wildman–Crippen MR) is 94.1 cm³/mol. The minimum absolute atomic E-state index is 0.200. The van der Waals surface area contributed by atoms with Crippen molar-refractivity contribution in [1.29, 1.82) is 0 Å². The zero-order chi connectivity index (χ0) is 18.1. The summed E-state index contributed by atoms with van der Waals surface area (Å²) in [6.45, 7) is 0.607. The minimum atomic E-state index is -0.518. The number of fused-ring (bicyclic) bond motifs is 1. The van der Waals surface area contributed by atoms with E-state index in [0.29, 0.717) is 17.9 Å². The Kier molecular flexibility index (Phi) is 4.04. The Hall–Kier alpha value is -3.35. The van der Waals surface area contributed by atoms with Gasteiger partial charge in [-0.05, 0) is 18.2 Å². The van der Waals surface area contributed by atoms with Crippen LogP contribution in [0.4, 0.5) is 10.5 Å². The molecule has 2 aromatic carbocycles. The number of nitrogens with zero attached hydrogens (tertiary/aromatic N) is 1. The molecule has 2 aromatic rings. The van der Waals surface area contributed by atoms with Crippen molar-refractivity contribution in [2.45, 2.75) is 12.5 Å². The van der Waals surface area contributed by atoms with Gasteiger partial charge in [0.15, 0.2) is 0 Å². The normalized spacial score (nSPS) is 18.8. The molecule has 4 amide bonds. The summed E-state index contributed by atoms with van der Waals surface area (Å²) < 4.78 is 5.60. The van der Waals surface area contributed by atoms with Gasteiger partial charge in [0.05, 0.1) is 17.3 Å². The number of urea groups is 1. The number of hydrogen-bond acceptors (Lipinski definition) is 4. The van der Waals surface area contributed by atoms with Gasteiger partial charge in [0.1, 0.15) is 12.4 Å². The first-order valence-corrected chi connectivity index (χ1v) is 8.36. The number of amides is 4. The van der Waals surface area contributed by atoms with Gasteiger partial charge in [-0.3, -0.25) is 19.8 Å². The number of benzene rings is 2. The standard InChI is InChI=1S/C19H17N3O4/c23-17-9-10-22(19(25)21-17)15-7-3-1-6-13(15)18(24)20-14-11-26-16-8-4-2-5-12(14)16/h1-8,14H,9-11H2,(H,20,24)(H,21,23,25)/t14-/m0/s1. The largest absolute Gasteiger partial charge is 0.491 e. The fourth-order valence-electron chi connectivity index (χ4n) is 3.21. The first kappa shape index (κ1) is 16.1. The van der Waals surface area contributed by atoms with E-state index in [-0.39, 0.29) is 30.8 Å². The molecule has 4 rings (SSSR count). The van der Waals surface area contributed by atoms with Crippen molar-refractivity contribution in [3.63, 3.8) is 0 Å². The molecule has 132 valence electrons. The number of rotatable bonds is 3. The quantitative estimate of drug-likeness (QED) is 0.885. The molecule has 2 heterocycles. The number of imide groups is 1. The second kappa shape index (κ2) is 6.51. The third-order valence-electron chi connectivity index (χ3n) is 4.50. The summed E-state index contributed by atoms with van der Waals surface area (Å²) in [4.78, 5) is 37.8. The van der Waals surface area contributed by atoms with E-state index in [1.54, 1.807) is 24.3 Å². The zero-order valence-corrected chi connectivity index (χ0v) is 13.9. The molecule has 7 nitrogen and oxygen atoms in total. The van der Waals surface area contributed by atoms with E-state index in [0.717, 1.165) is 11.3 Å². The van der Waals surface area contributed by atoms with Crippen LogP contribution in [-0.2, 0) is 4.79 Å². The highest BCUT2D eigenvalue weighted by atomic mass is 16.5. The Morgan fingerprint density at radius 1 is 1.12 bits per heavy atom. The monoisotopic (exact) mass is 351 g/mol. The Balaban J connectivity index is 1.58. The predicted octanol–water partition coefficient (Wildman–Crippen LogP) is 2.00. The molecule has 0 bridgehead atoms. The van der Waals surface area contributed by atoms with Crippen molar-refractivity contribution in [3.8, 4) is 5.75 Å². The fraction of sp³-hybridized carbons (Fsp3) is 0.211. The second-order valence-electron chi connectivity index (χ2n) is 6.15. The van der Waals surface area contributed by atoms with Crippen LogP contribution >= 0.6 is 0 Å². The summed E-state index contributed by atoms with van der Waals surface area (Å²) in [6, 6.07) is 13.7. The lowest BCUT2D eigenvalue weighted by Gasteiger charge is -2.28. The molecule has 0 radical (unpaired) electrons. The zero-order valence-electron chi connectivity index (χ0n) is 13.9. The van der Waals surface area contributed by atoms with Crippen LogP contribution in [0.25, 0.3) is 0 Å². The van der Waals surface area contributed by atoms with Gasteiger partial charge in [-0.15, -0.1) is 0 Å². The van der Waals surface area contributed by atoms with E-state index in [1.807, 2.05) is 24.3 Å². The highest BCUT2D eigenvalue weighted by molar-refractivity contribution is 6.09. The Labute approximate surface area is 149 Å². The van der Waals surface area contributed by atoms with Gasteiger partial charge in [-0.1, -0.05) is 30.3 Å². The van der Waals surface area contributed by atoms with Crippen LogP contribution in [0.5, 0.6) is 5.75 Å². The molecular formula is C19H17N3O4. The van der Waals surface area contributed by atoms with Crippen LogP contribution in [0, 0.1) is 0 Å². The lowest BCUT2D eigenvalue weighted by Crippen LogP contribution is -2.50. The smallest absolute Gasteiger partial charge is 0.328 e. The summed E-state index contributed by atoms with van der Waals surface area (Å²) >= 11 is 0. The Bertz CT molecular complexity index is 896. The Morgan fingerprint density at radius 2 is 1.88 bits per heavy atom. The van der Waals surface area contributed by atoms with Crippen molar-refractivity contribution >= 4 is 23.5 Å². The number of hydrogen-bond donors (Lipinski definition) is 2. The number of para-hydroxylation sites is 2. The number of carbonyl (C=O) groups is 3. The van der Waals surface area contributed by atoms with Crippen LogP contribution in [0.15, 0.2) is 48.5 Å². The molecule has 0 unspecified atom stereocenters.